The van der Waals surface area contributed by atoms with Crippen LogP contribution >= 0.6 is 11.6 Å². The summed E-state index contributed by atoms with van der Waals surface area (Å²) in [6, 6.07) is 7.07. The summed E-state index contributed by atoms with van der Waals surface area (Å²) in [6.45, 7) is 6.21. The minimum absolute atomic E-state index is 0.154. The smallest absolute Gasteiger partial charge is 0.295 e. The summed E-state index contributed by atoms with van der Waals surface area (Å²) in [5, 5.41) is 3.31. The first-order chi connectivity index (χ1) is 13.5. The van der Waals surface area contributed by atoms with E-state index in [4.69, 9.17) is 16.3 Å². The van der Waals surface area contributed by atoms with Gasteiger partial charge in [0, 0.05) is 42.7 Å². The molecule has 1 N–H and O–H groups in total. The third kappa shape index (κ3) is 3.85. The van der Waals surface area contributed by atoms with E-state index in [-0.39, 0.29) is 35.4 Å². The van der Waals surface area contributed by atoms with Gasteiger partial charge < -0.3 is 10.1 Å². The van der Waals surface area contributed by atoms with Gasteiger partial charge in [-0.2, -0.15) is 0 Å². The molecule has 0 aliphatic rings. The van der Waals surface area contributed by atoms with Crippen molar-refractivity contribution in [1.82, 2.24) is 19.3 Å². The van der Waals surface area contributed by atoms with E-state index in [1.807, 2.05) is 25.1 Å². The fourth-order valence-corrected chi connectivity index (χ4v) is 3.21. The first kappa shape index (κ1) is 19.9. The normalized spacial score (nSPS) is 12.1. The maximum Gasteiger partial charge on any atom is 0.295 e. The maximum absolute atomic E-state index is 13.0. The van der Waals surface area contributed by atoms with Crippen molar-refractivity contribution in [2.75, 3.05) is 13.7 Å². The summed E-state index contributed by atoms with van der Waals surface area (Å²) < 4.78 is 8.11. The molecule has 3 aromatic rings. The second kappa shape index (κ2) is 8.41. The van der Waals surface area contributed by atoms with Crippen LogP contribution < -0.4 is 10.9 Å². The van der Waals surface area contributed by atoms with Gasteiger partial charge in [0.1, 0.15) is 5.69 Å². The number of rotatable bonds is 7. The van der Waals surface area contributed by atoms with E-state index in [1.54, 1.807) is 29.8 Å². The standard InChI is InChI=1S/C20H21ClN4O3/c1-4-9-25-17(14-7-5-6-8-15(14)21)11-24-10-16(23-18(24)20(25)27)19(26)22-13(2)12-28-3/h4-8,10-11,13H,1,9,12H2,2-3H3,(H,22,26)/t13-/m0/s1. The molecular formula is C20H21ClN4O3. The van der Waals surface area contributed by atoms with E-state index in [0.29, 0.717) is 22.9 Å². The summed E-state index contributed by atoms with van der Waals surface area (Å²) >= 11 is 6.34. The fraction of sp³-hybridized carbons (Fsp3) is 0.250. The second-order valence-electron chi connectivity index (χ2n) is 6.39. The summed E-state index contributed by atoms with van der Waals surface area (Å²) in [7, 11) is 1.56. The van der Waals surface area contributed by atoms with Crippen LogP contribution in [0.5, 0.6) is 0 Å². The highest BCUT2D eigenvalue weighted by molar-refractivity contribution is 6.33. The van der Waals surface area contributed by atoms with Crippen molar-refractivity contribution in [2.24, 2.45) is 0 Å². The largest absolute Gasteiger partial charge is 0.383 e. The number of amides is 1. The Morgan fingerprint density at radius 3 is 2.82 bits per heavy atom. The Hall–Kier alpha value is -2.90. The molecule has 3 rings (SSSR count). The Labute approximate surface area is 167 Å². The van der Waals surface area contributed by atoms with Gasteiger partial charge in [0.2, 0.25) is 5.65 Å². The van der Waals surface area contributed by atoms with Crippen LogP contribution in [0.1, 0.15) is 17.4 Å². The highest BCUT2D eigenvalue weighted by Crippen LogP contribution is 2.27. The molecule has 2 aromatic heterocycles. The van der Waals surface area contributed by atoms with Gasteiger partial charge in [0.15, 0.2) is 0 Å². The molecule has 0 unspecified atom stereocenters. The molecule has 0 aliphatic carbocycles. The van der Waals surface area contributed by atoms with Crippen LogP contribution in [-0.4, -0.2) is 39.6 Å². The van der Waals surface area contributed by atoms with Gasteiger partial charge in [0.25, 0.3) is 11.5 Å². The van der Waals surface area contributed by atoms with Crippen LogP contribution in [0.3, 0.4) is 0 Å². The molecule has 28 heavy (non-hydrogen) atoms. The third-order valence-corrected chi connectivity index (χ3v) is 4.54. The predicted octanol–water partition coefficient (Wildman–Crippen LogP) is 2.77. The van der Waals surface area contributed by atoms with Crippen molar-refractivity contribution in [3.8, 4) is 11.3 Å². The van der Waals surface area contributed by atoms with Crippen molar-refractivity contribution in [3.05, 3.63) is 70.4 Å². The molecule has 7 nitrogen and oxygen atoms in total. The van der Waals surface area contributed by atoms with Crippen molar-refractivity contribution >= 4 is 23.2 Å². The van der Waals surface area contributed by atoms with Crippen molar-refractivity contribution in [1.29, 1.82) is 0 Å². The van der Waals surface area contributed by atoms with Gasteiger partial charge >= 0.3 is 0 Å². The Morgan fingerprint density at radius 1 is 1.39 bits per heavy atom. The lowest BCUT2D eigenvalue weighted by atomic mass is 10.1. The lowest BCUT2D eigenvalue weighted by Crippen LogP contribution is -2.35. The average molecular weight is 401 g/mol. The van der Waals surface area contributed by atoms with Crippen LogP contribution in [0, 0.1) is 0 Å². The summed E-state index contributed by atoms with van der Waals surface area (Å²) in [5.74, 6) is -0.373. The number of ether oxygens (including phenoxy) is 1. The Balaban J connectivity index is 2.12. The monoisotopic (exact) mass is 400 g/mol. The number of imidazole rings is 1. The molecule has 146 valence electrons. The molecule has 0 bridgehead atoms. The minimum Gasteiger partial charge on any atom is -0.383 e. The molecule has 1 atom stereocenters. The number of hydrogen-bond donors (Lipinski definition) is 1. The molecule has 0 aliphatic heterocycles. The van der Waals surface area contributed by atoms with E-state index < -0.39 is 0 Å². The number of halogens is 1. The molecule has 0 saturated heterocycles. The maximum atomic E-state index is 13.0. The Morgan fingerprint density at radius 2 is 2.14 bits per heavy atom. The van der Waals surface area contributed by atoms with Crippen LogP contribution in [0.2, 0.25) is 5.02 Å². The Bertz CT molecular complexity index is 1090. The number of benzene rings is 1. The number of carbonyl (C=O) groups is 1. The number of fused-ring (bicyclic) bond motifs is 1. The average Bonchev–Trinajstić information content (AvgIpc) is 3.09. The van der Waals surface area contributed by atoms with E-state index in [9.17, 15) is 9.59 Å². The van der Waals surface area contributed by atoms with Gasteiger partial charge in [-0.15, -0.1) is 6.58 Å². The van der Waals surface area contributed by atoms with Crippen molar-refractivity contribution < 1.29 is 9.53 Å². The number of allylic oxidation sites excluding steroid dienone is 1. The van der Waals surface area contributed by atoms with Crippen molar-refractivity contribution in [3.63, 3.8) is 0 Å². The lowest BCUT2D eigenvalue weighted by Gasteiger charge is -2.13. The first-order valence-corrected chi connectivity index (χ1v) is 9.12. The zero-order valence-electron chi connectivity index (χ0n) is 15.7. The molecule has 2 heterocycles. The molecular weight excluding hydrogens is 380 g/mol. The van der Waals surface area contributed by atoms with Gasteiger partial charge in [-0.3, -0.25) is 18.6 Å². The summed E-state index contributed by atoms with van der Waals surface area (Å²) in [6.07, 6.45) is 4.90. The minimum atomic E-state index is -0.373. The fourth-order valence-electron chi connectivity index (χ4n) is 2.97. The second-order valence-corrected chi connectivity index (χ2v) is 6.79. The molecule has 0 spiro atoms. The van der Waals surface area contributed by atoms with Gasteiger partial charge in [-0.05, 0) is 13.0 Å². The quantitative estimate of drug-likeness (QED) is 0.618. The van der Waals surface area contributed by atoms with Crippen molar-refractivity contribution in [2.45, 2.75) is 19.5 Å². The van der Waals surface area contributed by atoms with Crippen LogP contribution in [0.15, 0.2) is 54.1 Å². The van der Waals surface area contributed by atoms with E-state index in [2.05, 4.69) is 16.9 Å². The number of aromatic nitrogens is 3. The van der Waals surface area contributed by atoms with Crippen LogP contribution in [-0.2, 0) is 11.3 Å². The molecule has 0 fully saturated rings. The first-order valence-electron chi connectivity index (χ1n) is 8.74. The molecule has 1 aromatic carbocycles. The molecule has 8 heteroatoms. The topological polar surface area (TPSA) is 77.6 Å². The van der Waals surface area contributed by atoms with Crippen LogP contribution in [0.4, 0.5) is 0 Å². The van der Waals surface area contributed by atoms with E-state index in [1.165, 1.54) is 10.8 Å². The highest BCUT2D eigenvalue weighted by atomic mass is 35.5. The number of carbonyl (C=O) groups excluding carboxylic acids is 1. The van der Waals surface area contributed by atoms with Crippen LogP contribution in [0.25, 0.3) is 16.9 Å². The highest BCUT2D eigenvalue weighted by Gasteiger charge is 2.18. The summed E-state index contributed by atoms with van der Waals surface area (Å²) in [4.78, 5) is 29.7. The number of nitrogens with one attached hydrogen (secondary N) is 1. The molecule has 0 saturated carbocycles. The zero-order chi connectivity index (χ0) is 20.3. The van der Waals surface area contributed by atoms with E-state index >= 15 is 0 Å². The zero-order valence-corrected chi connectivity index (χ0v) is 16.4. The summed E-state index contributed by atoms with van der Waals surface area (Å²) in [5.41, 5.74) is 1.29. The van der Waals surface area contributed by atoms with Gasteiger partial charge in [-0.25, -0.2) is 4.98 Å². The Kier molecular flexibility index (Phi) is 5.96. The number of methoxy groups -OCH3 is 1. The molecule has 0 radical (unpaired) electrons. The molecule has 1 amide bonds. The van der Waals surface area contributed by atoms with E-state index in [0.717, 1.165) is 0 Å². The number of nitrogens with zero attached hydrogens (tertiary/aromatic N) is 3. The third-order valence-electron chi connectivity index (χ3n) is 4.21. The van der Waals surface area contributed by atoms with Gasteiger partial charge in [0.05, 0.1) is 12.3 Å². The number of hydrogen-bond acceptors (Lipinski definition) is 4. The SMILES string of the molecule is C=CCn1c(-c2ccccc2Cl)cn2cc(C(=O)N[C@@H](C)COC)nc2c1=O. The van der Waals surface area contributed by atoms with Gasteiger partial charge in [-0.1, -0.05) is 35.9 Å². The predicted molar refractivity (Wildman–Crippen MR) is 109 cm³/mol. The lowest BCUT2D eigenvalue weighted by molar-refractivity contribution is 0.0901.